The Labute approximate surface area is 103 Å². The monoisotopic (exact) mass is 229 g/mol. The van der Waals surface area contributed by atoms with Gasteiger partial charge in [-0.1, -0.05) is 43.7 Å². The predicted molar refractivity (Wildman–Crippen MR) is 70.3 cm³/mol. The van der Waals surface area contributed by atoms with Crippen LogP contribution in [0.15, 0.2) is 42.6 Å². The molecule has 1 aromatic carbocycles. The van der Waals surface area contributed by atoms with Crippen molar-refractivity contribution in [2.24, 2.45) is 0 Å². The summed E-state index contributed by atoms with van der Waals surface area (Å²) in [4.78, 5) is 0. The molecule has 0 amide bonds. The van der Waals surface area contributed by atoms with Crippen molar-refractivity contribution in [2.45, 2.75) is 32.7 Å². The lowest BCUT2D eigenvalue weighted by molar-refractivity contribution is 0.367. The van der Waals surface area contributed by atoms with Crippen LogP contribution >= 0.6 is 0 Å². The number of aromatic hydroxyl groups is 1. The van der Waals surface area contributed by atoms with Gasteiger partial charge in [-0.2, -0.15) is 0 Å². The van der Waals surface area contributed by atoms with Gasteiger partial charge in [-0.25, -0.2) is 0 Å². The van der Waals surface area contributed by atoms with Crippen LogP contribution in [0, 0.1) is 6.92 Å². The van der Waals surface area contributed by atoms with Crippen molar-refractivity contribution in [2.75, 3.05) is 0 Å². The fourth-order valence-corrected chi connectivity index (χ4v) is 2.06. The lowest BCUT2D eigenvalue weighted by Gasteiger charge is -2.26. The molecule has 0 spiro atoms. The maximum absolute atomic E-state index is 9.67. The van der Waals surface area contributed by atoms with E-state index in [1.165, 1.54) is 11.1 Å². The molecular weight excluding hydrogens is 210 g/mol. The average molecular weight is 229 g/mol. The zero-order valence-electron chi connectivity index (χ0n) is 10.6. The van der Waals surface area contributed by atoms with Gasteiger partial charge in [0.25, 0.3) is 0 Å². The summed E-state index contributed by atoms with van der Waals surface area (Å²) < 4.78 is 1.87. The summed E-state index contributed by atoms with van der Waals surface area (Å²) in [6.07, 6.45) is 1.91. The lowest BCUT2D eigenvalue weighted by atomic mass is 9.84. The topological polar surface area (TPSA) is 25.2 Å². The first-order valence-corrected chi connectivity index (χ1v) is 5.90. The molecule has 17 heavy (non-hydrogen) atoms. The predicted octanol–water partition coefficient (Wildman–Crippen LogP) is 3.48. The smallest absolute Gasteiger partial charge is 0.190 e. The van der Waals surface area contributed by atoms with E-state index in [2.05, 4.69) is 45.0 Å². The van der Waals surface area contributed by atoms with E-state index < -0.39 is 0 Å². The van der Waals surface area contributed by atoms with Crippen molar-refractivity contribution in [1.29, 1.82) is 0 Å². The van der Waals surface area contributed by atoms with Crippen molar-refractivity contribution in [3.8, 4) is 5.88 Å². The van der Waals surface area contributed by atoms with Crippen LogP contribution < -0.4 is 0 Å². The third kappa shape index (κ3) is 2.52. The van der Waals surface area contributed by atoms with Gasteiger partial charge in [-0.15, -0.1) is 0 Å². The Morgan fingerprint density at radius 2 is 1.76 bits per heavy atom. The Balaban J connectivity index is 2.24. The summed E-state index contributed by atoms with van der Waals surface area (Å²) in [6.45, 7) is 7.25. The molecule has 0 bridgehead atoms. The molecule has 1 aromatic heterocycles. The number of nitrogens with zero attached hydrogens (tertiary/aromatic N) is 1. The number of aryl methyl sites for hydroxylation is 1. The number of hydrogen-bond donors (Lipinski definition) is 1. The second kappa shape index (κ2) is 4.28. The molecule has 2 rings (SSSR count). The second-order valence-corrected chi connectivity index (χ2v) is 5.24. The van der Waals surface area contributed by atoms with E-state index in [1.54, 1.807) is 6.07 Å². The number of benzene rings is 1. The summed E-state index contributed by atoms with van der Waals surface area (Å²) in [5.41, 5.74) is 2.56. The standard InChI is InChI=1S/C15H19NO/c1-12-6-8-13(9-7-12)15(2,3)11-16-10-4-5-14(16)17/h4-10,17H,11H2,1-3H3. The highest BCUT2D eigenvalue weighted by molar-refractivity contribution is 5.28. The third-order valence-electron chi connectivity index (χ3n) is 3.20. The quantitative estimate of drug-likeness (QED) is 0.856. The van der Waals surface area contributed by atoms with Gasteiger partial charge in [-0.05, 0) is 24.6 Å². The van der Waals surface area contributed by atoms with Crippen LogP contribution in [-0.2, 0) is 12.0 Å². The number of rotatable bonds is 3. The fraction of sp³-hybridized carbons (Fsp3) is 0.333. The van der Waals surface area contributed by atoms with Crippen LogP contribution in [0.4, 0.5) is 0 Å². The Morgan fingerprint density at radius 1 is 1.12 bits per heavy atom. The summed E-state index contributed by atoms with van der Waals surface area (Å²) in [7, 11) is 0. The Morgan fingerprint density at radius 3 is 2.29 bits per heavy atom. The fourth-order valence-electron chi connectivity index (χ4n) is 2.06. The van der Waals surface area contributed by atoms with Crippen LogP contribution in [0.2, 0.25) is 0 Å². The van der Waals surface area contributed by atoms with Crippen LogP contribution in [-0.4, -0.2) is 9.67 Å². The molecule has 0 fully saturated rings. The molecule has 0 aliphatic rings. The first kappa shape index (κ1) is 11.8. The molecule has 0 aliphatic carbocycles. The number of hydrogen-bond acceptors (Lipinski definition) is 1. The summed E-state index contributed by atoms with van der Waals surface area (Å²) in [5.74, 6) is 0.324. The Bertz CT molecular complexity index is 494. The first-order valence-electron chi connectivity index (χ1n) is 5.90. The lowest BCUT2D eigenvalue weighted by Crippen LogP contribution is -2.23. The van der Waals surface area contributed by atoms with Gasteiger partial charge >= 0.3 is 0 Å². The highest BCUT2D eigenvalue weighted by Crippen LogP contribution is 2.27. The zero-order chi connectivity index (χ0) is 12.5. The van der Waals surface area contributed by atoms with E-state index in [4.69, 9.17) is 0 Å². The van der Waals surface area contributed by atoms with E-state index in [1.807, 2.05) is 16.8 Å². The van der Waals surface area contributed by atoms with Crippen LogP contribution in [0.5, 0.6) is 5.88 Å². The Kier molecular flexibility index (Phi) is 2.97. The van der Waals surface area contributed by atoms with Crippen molar-refractivity contribution >= 4 is 0 Å². The molecule has 0 saturated heterocycles. The normalized spacial score (nSPS) is 11.7. The van der Waals surface area contributed by atoms with Gasteiger partial charge in [0.2, 0.25) is 0 Å². The van der Waals surface area contributed by atoms with Gasteiger partial charge in [0.15, 0.2) is 5.88 Å². The minimum absolute atomic E-state index is 0.00417. The zero-order valence-corrected chi connectivity index (χ0v) is 10.6. The molecule has 0 aliphatic heterocycles. The highest BCUT2D eigenvalue weighted by atomic mass is 16.3. The summed E-state index contributed by atoms with van der Waals surface area (Å²) in [5, 5.41) is 9.67. The van der Waals surface area contributed by atoms with Crippen LogP contribution in [0.1, 0.15) is 25.0 Å². The van der Waals surface area contributed by atoms with E-state index in [-0.39, 0.29) is 5.41 Å². The minimum Gasteiger partial charge on any atom is -0.494 e. The van der Waals surface area contributed by atoms with Gasteiger partial charge in [0.1, 0.15) is 0 Å². The largest absolute Gasteiger partial charge is 0.494 e. The van der Waals surface area contributed by atoms with E-state index in [0.29, 0.717) is 5.88 Å². The Hall–Kier alpha value is -1.70. The molecule has 0 unspecified atom stereocenters. The van der Waals surface area contributed by atoms with Crippen molar-refractivity contribution in [1.82, 2.24) is 4.57 Å². The van der Waals surface area contributed by atoms with Crippen LogP contribution in [0.25, 0.3) is 0 Å². The molecule has 0 saturated carbocycles. The summed E-state index contributed by atoms with van der Waals surface area (Å²) in [6, 6.07) is 12.2. The highest BCUT2D eigenvalue weighted by Gasteiger charge is 2.21. The van der Waals surface area contributed by atoms with Crippen LogP contribution in [0.3, 0.4) is 0 Å². The molecule has 2 aromatic rings. The minimum atomic E-state index is 0.00417. The molecule has 0 atom stereocenters. The van der Waals surface area contributed by atoms with Crippen molar-refractivity contribution in [3.05, 3.63) is 53.7 Å². The van der Waals surface area contributed by atoms with E-state index in [0.717, 1.165) is 6.54 Å². The molecule has 2 heteroatoms. The van der Waals surface area contributed by atoms with E-state index >= 15 is 0 Å². The van der Waals surface area contributed by atoms with E-state index in [9.17, 15) is 5.11 Å². The molecule has 2 nitrogen and oxygen atoms in total. The van der Waals surface area contributed by atoms with Gasteiger partial charge < -0.3 is 9.67 Å². The maximum Gasteiger partial charge on any atom is 0.190 e. The SMILES string of the molecule is Cc1ccc(C(C)(C)Cn2cccc2O)cc1. The molecule has 1 heterocycles. The second-order valence-electron chi connectivity index (χ2n) is 5.24. The van der Waals surface area contributed by atoms with Gasteiger partial charge in [0, 0.05) is 18.2 Å². The molecule has 1 N–H and O–H groups in total. The molecular formula is C15H19NO. The van der Waals surface area contributed by atoms with Gasteiger partial charge in [0.05, 0.1) is 0 Å². The maximum atomic E-state index is 9.67. The number of aromatic nitrogens is 1. The molecule has 0 radical (unpaired) electrons. The average Bonchev–Trinajstić information content (AvgIpc) is 2.64. The third-order valence-corrected chi connectivity index (χ3v) is 3.20. The van der Waals surface area contributed by atoms with Crippen molar-refractivity contribution < 1.29 is 5.11 Å². The van der Waals surface area contributed by atoms with Crippen molar-refractivity contribution in [3.63, 3.8) is 0 Å². The summed E-state index contributed by atoms with van der Waals surface area (Å²) >= 11 is 0. The first-order chi connectivity index (χ1) is 7.99. The van der Waals surface area contributed by atoms with Gasteiger partial charge in [-0.3, -0.25) is 0 Å². The molecule has 90 valence electrons.